The number of hydrogen-bond donors (Lipinski definition) is 0. The van der Waals surface area contributed by atoms with Crippen LogP contribution in [0.3, 0.4) is 0 Å². The van der Waals surface area contributed by atoms with Crippen LogP contribution in [-0.2, 0) is 28.0 Å². The number of carbonyl (C=O) groups excluding carboxylic acids is 1. The Morgan fingerprint density at radius 3 is 2.41 bits per heavy atom. The van der Waals surface area contributed by atoms with Gasteiger partial charge >= 0.3 is 6.18 Å². The SMILES string of the molecule is Cn1nc(C(F)(F)F)cc1S(=O)(=O)N1CC2(CCC(=O)C2)C1. The number of hydrogen-bond acceptors (Lipinski definition) is 4. The summed E-state index contributed by atoms with van der Waals surface area (Å²) in [5.41, 5.74) is -1.56. The van der Waals surface area contributed by atoms with Gasteiger partial charge in [0.2, 0.25) is 0 Å². The normalized spacial score (nSPS) is 22.3. The summed E-state index contributed by atoms with van der Waals surface area (Å²) in [5.74, 6) is 0.108. The number of ketones is 1. The molecule has 0 atom stereocenters. The van der Waals surface area contributed by atoms with Crippen LogP contribution in [0, 0.1) is 5.41 Å². The van der Waals surface area contributed by atoms with Crippen LogP contribution in [0.25, 0.3) is 0 Å². The Hall–Kier alpha value is -1.42. The number of Topliss-reactive ketones (excluding diaryl/α,β-unsaturated/α-hetero) is 1. The fraction of sp³-hybridized carbons (Fsp3) is 0.667. The number of halogens is 3. The lowest BCUT2D eigenvalue weighted by molar-refractivity contribution is -0.141. The highest BCUT2D eigenvalue weighted by atomic mass is 32.2. The van der Waals surface area contributed by atoms with Gasteiger partial charge in [0.05, 0.1) is 0 Å². The molecule has 1 saturated heterocycles. The molecule has 1 aliphatic heterocycles. The Bertz CT molecular complexity index is 733. The van der Waals surface area contributed by atoms with Gasteiger partial charge in [-0.1, -0.05) is 0 Å². The Labute approximate surface area is 124 Å². The average molecular weight is 337 g/mol. The summed E-state index contributed by atoms with van der Waals surface area (Å²) in [6.45, 7) is 0.348. The maximum Gasteiger partial charge on any atom is 0.435 e. The van der Waals surface area contributed by atoms with Gasteiger partial charge in [-0.05, 0) is 6.42 Å². The van der Waals surface area contributed by atoms with Gasteiger partial charge in [-0.25, -0.2) is 8.42 Å². The molecule has 0 radical (unpaired) electrons. The van der Waals surface area contributed by atoms with Crippen LogP contribution in [0.2, 0.25) is 0 Å². The summed E-state index contributed by atoms with van der Waals surface area (Å²) >= 11 is 0. The van der Waals surface area contributed by atoms with Gasteiger partial charge in [-0.3, -0.25) is 9.48 Å². The van der Waals surface area contributed by atoms with Crippen LogP contribution in [0.4, 0.5) is 13.2 Å². The summed E-state index contributed by atoms with van der Waals surface area (Å²) in [6, 6.07) is 0.542. The van der Waals surface area contributed by atoms with Crippen LogP contribution in [0.1, 0.15) is 25.0 Å². The van der Waals surface area contributed by atoms with Crippen LogP contribution in [0.15, 0.2) is 11.1 Å². The van der Waals surface area contributed by atoms with Crippen molar-refractivity contribution in [2.24, 2.45) is 12.5 Å². The van der Waals surface area contributed by atoms with E-state index in [4.69, 9.17) is 0 Å². The third-order valence-corrected chi connectivity index (χ3v) is 6.11. The predicted molar refractivity (Wildman–Crippen MR) is 68.3 cm³/mol. The molecule has 3 rings (SSSR count). The van der Waals surface area contributed by atoms with Crippen LogP contribution in [0.5, 0.6) is 0 Å². The highest BCUT2D eigenvalue weighted by Gasteiger charge is 2.52. The van der Waals surface area contributed by atoms with Gasteiger partial charge in [0.25, 0.3) is 10.0 Å². The molecule has 2 fully saturated rings. The standard InChI is InChI=1S/C12H14F3N3O3S/c1-17-10(4-9(16-17)12(13,14)15)22(20,21)18-6-11(7-18)3-2-8(19)5-11/h4H,2-3,5-7H2,1H3. The Morgan fingerprint density at radius 1 is 1.32 bits per heavy atom. The van der Waals surface area contributed by atoms with Crippen molar-refractivity contribution in [1.82, 2.24) is 14.1 Å². The van der Waals surface area contributed by atoms with Crippen molar-refractivity contribution in [1.29, 1.82) is 0 Å². The quantitative estimate of drug-likeness (QED) is 0.812. The average Bonchev–Trinajstić information content (AvgIpc) is 2.90. The molecular weight excluding hydrogens is 323 g/mol. The molecule has 0 unspecified atom stereocenters. The Balaban J connectivity index is 1.83. The van der Waals surface area contributed by atoms with Gasteiger partial charge in [0, 0.05) is 44.5 Å². The number of alkyl halides is 3. The van der Waals surface area contributed by atoms with Crippen molar-refractivity contribution < 1.29 is 26.4 Å². The second-order valence-electron chi connectivity index (χ2n) is 5.98. The number of rotatable bonds is 2. The van der Waals surface area contributed by atoms with E-state index in [0.29, 0.717) is 25.3 Å². The number of aromatic nitrogens is 2. The fourth-order valence-electron chi connectivity index (χ4n) is 3.10. The fourth-order valence-corrected chi connectivity index (χ4v) is 4.89. The first-order valence-electron chi connectivity index (χ1n) is 6.67. The molecule has 0 bridgehead atoms. The molecule has 0 aromatic carbocycles. The highest BCUT2D eigenvalue weighted by Crippen LogP contribution is 2.46. The zero-order valence-corrected chi connectivity index (χ0v) is 12.5. The van der Waals surface area contributed by atoms with E-state index in [2.05, 4.69) is 5.10 Å². The Kier molecular flexibility index (Phi) is 3.19. The van der Waals surface area contributed by atoms with Gasteiger partial charge in [-0.2, -0.15) is 22.6 Å². The number of carbonyl (C=O) groups is 1. The van der Waals surface area contributed by atoms with Crippen molar-refractivity contribution in [3.63, 3.8) is 0 Å². The number of nitrogens with zero attached hydrogens (tertiary/aromatic N) is 3. The number of sulfonamides is 1. The molecule has 1 aliphatic carbocycles. The molecule has 122 valence electrons. The first-order valence-corrected chi connectivity index (χ1v) is 8.11. The van der Waals surface area contributed by atoms with E-state index in [1.54, 1.807) is 0 Å². The van der Waals surface area contributed by atoms with E-state index in [-0.39, 0.29) is 24.3 Å². The number of aryl methyl sites for hydroxylation is 1. The topological polar surface area (TPSA) is 72.3 Å². The molecule has 10 heteroatoms. The molecule has 1 spiro atoms. The smallest absolute Gasteiger partial charge is 0.300 e. The maximum atomic E-state index is 12.6. The van der Waals surface area contributed by atoms with Crippen molar-refractivity contribution in [3.8, 4) is 0 Å². The van der Waals surface area contributed by atoms with Gasteiger partial charge < -0.3 is 0 Å². The first kappa shape index (κ1) is 15.5. The van der Waals surface area contributed by atoms with Crippen molar-refractivity contribution >= 4 is 15.8 Å². The lowest BCUT2D eigenvalue weighted by atomic mass is 9.80. The molecule has 0 amide bonds. The molecule has 2 heterocycles. The molecule has 0 N–H and O–H groups in total. The summed E-state index contributed by atoms with van der Waals surface area (Å²) in [5, 5.41) is 2.73. The largest absolute Gasteiger partial charge is 0.435 e. The lowest BCUT2D eigenvalue weighted by Crippen LogP contribution is -2.57. The zero-order chi connectivity index (χ0) is 16.3. The third kappa shape index (κ3) is 2.34. The van der Waals surface area contributed by atoms with E-state index in [1.165, 1.54) is 0 Å². The van der Waals surface area contributed by atoms with Gasteiger partial charge in [0.15, 0.2) is 10.7 Å². The minimum Gasteiger partial charge on any atom is -0.300 e. The second-order valence-corrected chi connectivity index (χ2v) is 7.86. The summed E-state index contributed by atoms with van der Waals surface area (Å²) in [6.07, 6.45) is -3.27. The van der Waals surface area contributed by atoms with Gasteiger partial charge in [-0.15, -0.1) is 0 Å². The molecule has 1 saturated carbocycles. The third-order valence-electron chi connectivity index (χ3n) is 4.26. The molecule has 1 aromatic rings. The van der Waals surface area contributed by atoms with E-state index >= 15 is 0 Å². The van der Waals surface area contributed by atoms with E-state index in [0.717, 1.165) is 16.0 Å². The maximum absolute atomic E-state index is 12.6. The summed E-state index contributed by atoms with van der Waals surface area (Å²) in [4.78, 5) is 11.3. The van der Waals surface area contributed by atoms with Crippen LogP contribution >= 0.6 is 0 Å². The van der Waals surface area contributed by atoms with Crippen molar-refractivity contribution in [2.45, 2.75) is 30.5 Å². The first-order chi connectivity index (χ1) is 10.0. The lowest BCUT2D eigenvalue weighted by Gasteiger charge is -2.46. The Morgan fingerprint density at radius 2 is 1.95 bits per heavy atom. The minimum absolute atomic E-state index is 0.108. The van der Waals surface area contributed by atoms with Gasteiger partial charge in [0.1, 0.15) is 5.78 Å². The molecule has 2 aliphatic rings. The van der Waals surface area contributed by atoms with E-state index in [9.17, 15) is 26.4 Å². The van der Waals surface area contributed by atoms with Crippen molar-refractivity contribution in [2.75, 3.05) is 13.1 Å². The molecule has 1 aromatic heterocycles. The van der Waals surface area contributed by atoms with E-state index < -0.39 is 26.9 Å². The summed E-state index contributed by atoms with van der Waals surface area (Å²) in [7, 11) is -2.87. The van der Waals surface area contributed by atoms with E-state index in [1.807, 2.05) is 0 Å². The zero-order valence-electron chi connectivity index (χ0n) is 11.7. The van der Waals surface area contributed by atoms with Crippen LogP contribution in [-0.4, -0.2) is 41.4 Å². The highest BCUT2D eigenvalue weighted by molar-refractivity contribution is 7.89. The molecule has 6 nitrogen and oxygen atoms in total. The second kappa shape index (κ2) is 4.54. The molecule has 22 heavy (non-hydrogen) atoms. The molecular formula is C12H14F3N3O3S. The minimum atomic E-state index is -4.69. The predicted octanol–water partition coefficient (Wildman–Crippen LogP) is 1.18. The van der Waals surface area contributed by atoms with Crippen molar-refractivity contribution in [3.05, 3.63) is 11.8 Å². The monoisotopic (exact) mass is 337 g/mol. The summed E-state index contributed by atoms with van der Waals surface area (Å²) < 4.78 is 64.5. The van der Waals surface area contributed by atoms with Crippen LogP contribution < -0.4 is 0 Å².